The molecule has 0 aromatic rings. The molecule has 1 rings (SSSR count). The largest absolute Gasteiger partial charge is 0.479 e. The molecule has 0 bridgehead atoms. The van der Waals surface area contributed by atoms with Crippen molar-refractivity contribution in [2.24, 2.45) is 0 Å². The van der Waals surface area contributed by atoms with Gasteiger partial charge in [0.05, 0.1) is 0 Å². The minimum atomic E-state index is -1.15. The van der Waals surface area contributed by atoms with Gasteiger partial charge in [0.25, 0.3) is 0 Å². The molecule has 1 heterocycles. The molecule has 0 unspecified atom stereocenters. The number of likely N-dealkylation sites (tertiary alicyclic amines) is 1. The number of ether oxygens (including phenoxy) is 1. The lowest BCUT2D eigenvalue weighted by Gasteiger charge is -2.45. The van der Waals surface area contributed by atoms with Gasteiger partial charge in [-0.05, 0) is 47.1 Å². The van der Waals surface area contributed by atoms with Gasteiger partial charge < -0.3 is 14.7 Å². The van der Waals surface area contributed by atoms with Gasteiger partial charge in [-0.25, -0.2) is 9.59 Å². The maximum atomic E-state index is 12.5. The Labute approximate surface area is 127 Å². The van der Waals surface area contributed by atoms with Crippen LogP contribution in [0.15, 0.2) is 0 Å². The van der Waals surface area contributed by atoms with Crippen molar-refractivity contribution in [1.82, 2.24) is 9.80 Å². The summed E-state index contributed by atoms with van der Waals surface area (Å²) >= 11 is 0. The monoisotopic (exact) mass is 300 g/mol. The number of carbonyl (C=O) groups excluding carboxylic acids is 1. The maximum Gasteiger partial charge on any atom is 0.411 e. The Hall–Kier alpha value is -1.30. The highest BCUT2D eigenvalue weighted by Crippen LogP contribution is 2.31. The average molecular weight is 300 g/mol. The highest BCUT2D eigenvalue weighted by Gasteiger charge is 2.49. The molecule has 1 aliphatic rings. The normalized spacial score (nSPS) is 19.1. The van der Waals surface area contributed by atoms with Gasteiger partial charge in [0.2, 0.25) is 0 Å². The van der Waals surface area contributed by atoms with Gasteiger partial charge in [0, 0.05) is 19.6 Å². The van der Waals surface area contributed by atoms with Crippen LogP contribution in [0.2, 0.25) is 0 Å². The van der Waals surface area contributed by atoms with Crippen LogP contribution < -0.4 is 0 Å². The molecule has 0 aromatic heterocycles. The van der Waals surface area contributed by atoms with Crippen molar-refractivity contribution in [1.29, 1.82) is 0 Å². The minimum absolute atomic E-state index is 0.394. The fraction of sp³-hybridized carbons (Fsp3) is 0.867. The first-order valence-corrected chi connectivity index (χ1v) is 7.55. The molecular formula is C15H28N2O4. The highest BCUT2D eigenvalue weighted by atomic mass is 16.6. The first-order chi connectivity index (χ1) is 9.62. The van der Waals surface area contributed by atoms with Crippen molar-refractivity contribution in [3.8, 4) is 0 Å². The second-order valence-electron chi connectivity index (χ2n) is 6.77. The topological polar surface area (TPSA) is 70.1 Å². The SMILES string of the molecule is CCCN(C(=O)OC(C)(C)C)C1(C(=O)O)CCN(C)CC1. The van der Waals surface area contributed by atoms with E-state index in [4.69, 9.17) is 4.74 Å². The van der Waals surface area contributed by atoms with E-state index in [1.807, 2.05) is 14.0 Å². The predicted molar refractivity (Wildman–Crippen MR) is 80.3 cm³/mol. The number of carboxylic acid groups (broad SMARTS) is 1. The summed E-state index contributed by atoms with van der Waals surface area (Å²) in [6.45, 7) is 9.02. The molecule has 122 valence electrons. The summed E-state index contributed by atoms with van der Waals surface area (Å²) in [6.07, 6.45) is 1.02. The van der Waals surface area contributed by atoms with E-state index in [0.717, 1.165) is 0 Å². The number of amides is 1. The van der Waals surface area contributed by atoms with Gasteiger partial charge >= 0.3 is 12.1 Å². The lowest BCUT2D eigenvalue weighted by Crippen LogP contribution is -2.62. The van der Waals surface area contributed by atoms with E-state index in [9.17, 15) is 14.7 Å². The van der Waals surface area contributed by atoms with Gasteiger partial charge in [-0.3, -0.25) is 4.90 Å². The van der Waals surface area contributed by atoms with E-state index >= 15 is 0 Å². The molecule has 0 saturated carbocycles. The second-order valence-corrected chi connectivity index (χ2v) is 6.77. The molecule has 1 amide bonds. The lowest BCUT2D eigenvalue weighted by molar-refractivity contribution is -0.154. The number of hydrogen-bond acceptors (Lipinski definition) is 4. The Morgan fingerprint density at radius 3 is 2.19 bits per heavy atom. The number of aliphatic carboxylic acids is 1. The van der Waals surface area contributed by atoms with Crippen LogP contribution in [0, 0.1) is 0 Å². The molecule has 0 radical (unpaired) electrons. The van der Waals surface area contributed by atoms with Gasteiger partial charge in [-0.2, -0.15) is 0 Å². The zero-order chi connectivity index (χ0) is 16.3. The van der Waals surface area contributed by atoms with E-state index in [0.29, 0.717) is 38.9 Å². The van der Waals surface area contributed by atoms with Crippen molar-refractivity contribution in [3.63, 3.8) is 0 Å². The summed E-state index contributed by atoms with van der Waals surface area (Å²) in [5.41, 5.74) is -1.78. The molecule has 0 spiro atoms. The van der Waals surface area contributed by atoms with Gasteiger partial charge in [-0.15, -0.1) is 0 Å². The number of hydrogen-bond donors (Lipinski definition) is 1. The van der Waals surface area contributed by atoms with Crippen molar-refractivity contribution in [2.45, 2.75) is 58.1 Å². The van der Waals surface area contributed by atoms with Crippen molar-refractivity contribution < 1.29 is 19.4 Å². The van der Waals surface area contributed by atoms with E-state index in [-0.39, 0.29) is 0 Å². The first-order valence-electron chi connectivity index (χ1n) is 7.55. The van der Waals surface area contributed by atoms with Crippen molar-refractivity contribution in [3.05, 3.63) is 0 Å². The molecule has 6 heteroatoms. The fourth-order valence-corrected chi connectivity index (χ4v) is 2.61. The van der Waals surface area contributed by atoms with E-state index in [2.05, 4.69) is 4.90 Å². The Morgan fingerprint density at radius 2 is 1.81 bits per heavy atom. The lowest BCUT2D eigenvalue weighted by atomic mass is 9.85. The van der Waals surface area contributed by atoms with Crippen molar-refractivity contribution >= 4 is 12.1 Å². The molecule has 6 nitrogen and oxygen atoms in total. The summed E-state index contributed by atoms with van der Waals surface area (Å²) in [5, 5.41) is 9.75. The molecule has 0 atom stereocenters. The zero-order valence-electron chi connectivity index (χ0n) is 13.8. The van der Waals surface area contributed by atoms with Gasteiger partial charge in [0.15, 0.2) is 0 Å². The smallest absolute Gasteiger partial charge is 0.411 e. The molecule has 0 aromatic carbocycles. The highest BCUT2D eigenvalue weighted by molar-refractivity contribution is 5.84. The Bertz CT molecular complexity index is 382. The number of piperidine rings is 1. The minimum Gasteiger partial charge on any atom is -0.479 e. The summed E-state index contributed by atoms with van der Waals surface area (Å²) in [4.78, 5) is 27.9. The summed E-state index contributed by atoms with van der Waals surface area (Å²) in [7, 11) is 1.96. The number of rotatable bonds is 4. The molecule has 1 saturated heterocycles. The van der Waals surface area contributed by atoms with Crippen LogP contribution in [-0.2, 0) is 9.53 Å². The summed E-state index contributed by atoms with van der Waals surface area (Å²) in [6, 6.07) is 0. The van der Waals surface area contributed by atoms with Gasteiger partial charge in [-0.1, -0.05) is 6.92 Å². The first kappa shape index (κ1) is 17.8. The Balaban J connectivity index is 3.04. The van der Waals surface area contributed by atoms with Crippen LogP contribution in [0.3, 0.4) is 0 Å². The van der Waals surface area contributed by atoms with Crippen LogP contribution in [0.4, 0.5) is 4.79 Å². The van der Waals surface area contributed by atoms with Crippen LogP contribution >= 0.6 is 0 Å². The third-order valence-corrected chi connectivity index (χ3v) is 3.79. The second kappa shape index (κ2) is 6.64. The number of carbonyl (C=O) groups is 2. The van der Waals surface area contributed by atoms with E-state index in [1.54, 1.807) is 20.8 Å². The van der Waals surface area contributed by atoms with Crippen LogP contribution in [0.5, 0.6) is 0 Å². The predicted octanol–water partition coefficient (Wildman–Crippen LogP) is 2.18. The maximum absolute atomic E-state index is 12.5. The quantitative estimate of drug-likeness (QED) is 0.861. The molecule has 1 N–H and O–H groups in total. The van der Waals surface area contributed by atoms with Crippen LogP contribution in [0.1, 0.15) is 47.0 Å². The number of nitrogens with zero attached hydrogens (tertiary/aromatic N) is 2. The third-order valence-electron chi connectivity index (χ3n) is 3.79. The summed E-state index contributed by atoms with van der Waals surface area (Å²) in [5.74, 6) is -0.935. The third kappa shape index (κ3) is 4.33. The molecule has 1 aliphatic heterocycles. The molecule has 21 heavy (non-hydrogen) atoms. The average Bonchev–Trinajstić information content (AvgIpc) is 2.35. The van der Waals surface area contributed by atoms with E-state index < -0.39 is 23.2 Å². The standard InChI is InChI=1S/C15H28N2O4/c1-6-9-17(13(20)21-14(2,3)4)15(12(18)19)7-10-16(5)11-8-15/h6-11H2,1-5H3,(H,18,19). The van der Waals surface area contributed by atoms with Crippen molar-refractivity contribution in [2.75, 3.05) is 26.7 Å². The molecule has 1 fully saturated rings. The van der Waals surface area contributed by atoms with E-state index in [1.165, 1.54) is 4.90 Å². The zero-order valence-corrected chi connectivity index (χ0v) is 13.8. The summed E-state index contributed by atoms with van der Waals surface area (Å²) < 4.78 is 5.42. The molecular weight excluding hydrogens is 272 g/mol. The van der Waals surface area contributed by atoms with Crippen LogP contribution in [-0.4, -0.2) is 64.8 Å². The Kier molecular flexibility index (Phi) is 5.61. The number of carboxylic acids is 1. The fourth-order valence-electron chi connectivity index (χ4n) is 2.61. The Morgan fingerprint density at radius 1 is 1.29 bits per heavy atom. The van der Waals surface area contributed by atoms with Gasteiger partial charge in [0.1, 0.15) is 11.1 Å². The van der Waals surface area contributed by atoms with Crippen LogP contribution in [0.25, 0.3) is 0 Å². The molecule has 0 aliphatic carbocycles.